The minimum absolute atomic E-state index is 0.127. The van der Waals surface area contributed by atoms with E-state index in [0.29, 0.717) is 10.6 Å². The maximum atomic E-state index is 12.7. The number of rotatable bonds is 4. The van der Waals surface area contributed by atoms with Crippen LogP contribution in [-0.4, -0.2) is 13.0 Å². The summed E-state index contributed by atoms with van der Waals surface area (Å²) in [5.74, 6) is 0.962. The van der Waals surface area contributed by atoms with Crippen molar-refractivity contribution in [2.24, 2.45) is 0 Å². The minimum Gasteiger partial charge on any atom is -0.496 e. The molecule has 0 fully saturated rings. The van der Waals surface area contributed by atoms with Crippen LogP contribution in [0, 0.1) is 13.8 Å². The van der Waals surface area contributed by atoms with Gasteiger partial charge in [0.25, 0.3) is 5.91 Å². The van der Waals surface area contributed by atoms with E-state index >= 15 is 0 Å². The Morgan fingerprint density at radius 1 is 1.13 bits per heavy atom. The largest absolute Gasteiger partial charge is 0.496 e. The van der Waals surface area contributed by atoms with E-state index in [9.17, 15) is 4.79 Å². The van der Waals surface area contributed by atoms with Gasteiger partial charge < -0.3 is 10.1 Å². The van der Waals surface area contributed by atoms with Crippen molar-refractivity contribution < 1.29 is 9.53 Å². The smallest absolute Gasteiger partial charge is 0.255 e. The zero-order valence-electron chi connectivity index (χ0n) is 14.2. The van der Waals surface area contributed by atoms with E-state index in [2.05, 4.69) is 19.2 Å². The van der Waals surface area contributed by atoms with Crippen molar-refractivity contribution in [1.29, 1.82) is 0 Å². The average molecular weight is 332 g/mol. The Bertz CT molecular complexity index is 738. The number of carbonyl (C=O) groups is 1. The second-order valence-corrected chi connectivity index (χ2v) is 6.41. The Hall–Kier alpha value is -2.00. The highest BCUT2D eigenvalue weighted by Gasteiger charge is 2.16. The van der Waals surface area contributed by atoms with Crippen LogP contribution in [0.5, 0.6) is 5.75 Å². The Kier molecular flexibility index (Phi) is 5.32. The molecule has 122 valence electrons. The minimum atomic E-state index is -0.127. The first kappa shape index (κ1) is 17.4. The standard InChI is InChI=1S/C19H22ClNO2/c1-11(2)15-10-16(12(3)9-18(15)23-5)19(22)21-17-7-6-14(20)8-13(17)4/h6-11H,1-5H3,(H,21,22). The number of ether oxygens (including phenoxy) is 1. The molecule has 0 aliphatic rings. The molecule has 0 aliphatic heterocycles. The normalized spacial score (nSPS) is 10.7. The van der Waals surface area contributed by atoms with Crippen molar-refractivity contribution in [3.8, 4) is 5.75 Å². The van der Waals surface area contributed by atoms with Crippen LogP contribution in [0.15, 0.2) is 30.3 Å². The molecule has 0 aliphatic carbocycles. The van der Waals surface area contributed by atoms with Crippen LogP contribution in [0.3, 0.4) is 0 Å². The number of carbonyl (C=O) groups excluding carboxylic acids is 1. The van der Waals surface area contributed by atoms with E-state index in [1.165, 1.54) is 0 Å². The lowest BCUT2D eigenvalue weighted by Crippen LogP contribution is -2.15. The van der Waals surface area contributed by atoms with Gasteiger partial charge in [-0.05, 0) is 66.8 Å². The van der Waals surface area contributed by atoms with Crippen LogP contribution in [0.1, 0.15) is 46.8 Å². The van der Waals surface area contributed by atoms with Crippen molar-refractivity contribution in [3.05, 3.63) is 57.6 Å². The van der Waals surface area contributed by atoms with E-state index in [4.69, 9.17) is 16.3 Å². The molecule has 0 unspecified atom stereocenters. The van der Waals surface area contributed by atoms with Crippen molar-refractivity contribution in [1.82, 2.24) is 0 Å². The summed E-state index contributed by atoms with van der Waals surface area (Å²) in [6.07, 6.45) is 0. The lowest BCUT2D eigenvalue weighted by atomic mass is 9.96. The van der Waals surface area contributed by atoms with Crippen LogP contribution in [0.25, 0.3) is 0 Å². The number of amides is 1. The molecule has 0 bridgehead atoms. The maximum Gasteiger partial charge on any atom is 0.255 e. The Morgan fingerprint density at radius 3 is 2.39 bits per heavy atom. The Morgan fingerprint density at radius 2 is 1.83 bits per heavy atom. The van der Waals surface area contributed by atoms with E-state index in [1.54, 1.807) is 13.2 Å². The number of hydrogen-bond acceptors (Lipinski definition) is 2. The fourth-order valence-electron chi connectivity index (χ4n) is 2.53. The Labute approximate surface area is 142 Å². The van der Waals surface area contributed by atoms with Crippen molar-refractivity contribution in [3.63, 3.8) is 0 Å². The quantitative estimate of drug-likeness (QED) is 0.821. The van der Waals surface area contributed by atoms with E-state index in [-0.39, 0.29) is 11.8 Å². The molecule has 3 nitrogen and oxygen atoms in total. The van der Waals surface area contributed by atoms with Crippen LogP contribution in [0.2, 0.25) is 5.02 Å². The number of methoxy groups -OCH3 is 1. The predicted molar refractivity (Wildman–Crippen MR) is 96.0 cm³/mol. The highest BCUT2D eigenvalue weighted by atomic mass is 35.5. The summed E-state index contributed by atoms with van der Waals surface area (Å²) < 4.78 is 5.43. The topological polar surface area (TPSA) is 38.3 Å². The summed E-state index contributed by atoms with van der Waals surface area (Å²) in [6, 6.07) is 9.25. The number of hydrogen-bond donors (Lipinski definition) is 1. The molecule has 23 heavy (non-hydrogen) atoms. The summed E-state index contributed by atoms with van der Waals surface area (Å²) in [4.78, 5) is 12.7. The van der Waals surface area contributed by atoms with Crippen LogP contribution in [0.4, 0.5) is 5.69 Å². The second kappa shape index (κ2) is 7.05. The number of benzene rings is 2. The molecule has 0 spiro atoms. The van der Waals surface area contributed by atoms with Gasteiger partial charge in [-0.1, -0.05) is 25.4 Å². The van der Waals surface area contributed by atoms with Crippen LogP contribution >= 0.6 is 11.6 Å². The molecule has 0 radical (unpaired) electrons. The maximum absolute atomic E-state index is 12.7. The molecule has 0 heterocycles. The fraction of sp³-hybridized carbons (Fsp3) is 0.316. The van der Waals surface area contributed by atoms with Gasteiger partial charge in [0, 0.05) is 16.3 Å². The van der Waals surface area contributed by atoms with Gasteiger partial charge in [-0.2, -0.15) is 0 Å². The highest BCUT2D eigenvalue weighted by Crippen LogP contribution is 2.30. The molecule has 2 aromatic carbocycles. The molecule has 0 saturated carbocycles. The van der Waals surface area contributed by atoms with Gasteiger partial charge in [-0.25, -0.2) is 0 Å². The van der Waals surface area contributed by atoms with E-state index in [0.717, 1.165) is 28.1 Å². The predicted octanol–water partition coefficient (Wildman–Crippen LogP) is 5.34. The van der Waals surface area contributed by atoms with Gasteiger partial charge in [0.2, 0.25) is 0 Å². The van der Waals surface area contributed by atoms with E-state index in [1.807, 2.05) is 38.1 Å². The molecule has 0 aromatic heterocycles. The third-order valence-electron chi connectivity index (χ3n) is 3.88. The van der Waals surface area contributed by atoms with Gasteiger partial charge in [0.05, 0.1) is 7.11 Å². The molecular formula is C19H22ClNO2. The summed E-state index contributed by atoms with van der Waals surface area (Å²) in [7, 11) is 1.65. The molecule has 2 aromatic rings. The van der Waals surface area contributed by atoms with Gasteiger partial charge >= 0.3 is 0 Å². The van der Waals surface area contributed by atoms with Gasteiger partial charge in [-0.3, -0.25) is 4.79 Å². The number of nitrogens with one attached hydrogen (secondary N) is 1. The monoisotopic (exact) mass is 331 g/mol. The van der Waals surface area contributed by atoms with Gasteiger partial charge in [0.1, 0.15) is 5.75 Å². The van der Waals surface area contributed by atoms with Crippen LogP contribution < -0.4 is 10.1 Å². The summed E-state index contributed by atoms with van der Waals surface area (Å²) in [6.45, 7) is 7.99. The highest BCUT2D eigenvalue weighted by molar-refractivity contribution is 6.30. The third kappa shape index (κ3) is 3.85. The molecule has 0 atom stereocenters. The lowest BCUT2D eigenvalue weighted by Gasteiger charge is -2.16. The lowest BCUT2D eigenvalue weighted by molar-refractivity contribution is 0.102. The summed E-state index contributed by atoms with van der Waals surface area (Å²) in [5.41, 5.74) is 4.26. The molecule has 1 amide bonds. The van der Waals surface area contributed by atoms with Crippen molar-refractivity contribution >= 4 is 23.2 Å². The Balaban J connectivity index is 2.37. The van der Waals surface area contributed by atoms with Crippen molar-refractivity contribution in [2.75, 3.05) is 12.4 Å². The average Bonchev–Trinajstić information content (AvgIpc) is 2.49. The summed E-state index contributed by atoms with van der Waals surface area (Å²) in [5, 5.41) is 3.62. The zero-order chi connectivity index (χ0) is 17.1. The zero-order valence-corrected chi connectivity index (χ0v) is 14.9. The van der Waals surface area contributed by atoms with E-state index < -0.39 is 0 Å². The fourth-order valence-corrected chi connectivity index (χ4v) is 2.75. The first-order valence-electron chi connectivity index (χ1n) is 7.59. The molecule has 0 saturated heterocycles. The number of aryl methyl sites for hydroxylation is 2. The molecule has 1 N–H and O–H groups in total. The summed E-state index contributed by atoms with van der Waals surface area (Å²) >= 11 is 5.96. The second-order valence-electron chi connectivity index (χ2n) is 5.98. The SMILES string of the molecule is COc1cc(C)c(C(=O)Nc2ccc(Cl)cc2C)cc1C(C)C. The molecular weight excluding hydrogens is 310 g/mol. The first-order valence-corrected chi connectivity index (χ1v) is 7.97. The molecule has 2 rings (SSSR count). The third-order valence-corrected chi connectivity index (χ3v) is 4.12. The van der Waals surface area contributed by atoms with Crippen molar-refractivity contribution in [2.45, 2.75) is 33.6 Å². The van der Waals surface area contributed by atoms with Gasteiger partial charge in [0.15, 0.2) is 0 Å². The molecule has 4 heteroatoms. The number of anilines is 1. The van der Waals surface area contributed by atoms with Gasteiger partial charge in [-0.15, -0.1) is 0 Å². The van der Waals surface area contributed by atoms with Crippen LogP contribution in [-0.2, 0) is 0 Å². The number of halogens is 1. The first-order chi connectivity index (χ1) is 10.8.